The number of aromatic nitrogens is 1. The van der Waals surface area contributed by atoms with Crippen LogP contribution in [0.25, 0.3) is 0 Å². The lowest BCUT2D eigenvalue weighted by Crippen LogP contribution is -2.13. The van der Waals surface area contributed by atoms with E-state index in [1.165, 1.54) is 0 Å². The third kappa shape index (κ3) is 4.04. The Morgan fingerprint density at radius 1 is 0.917 bits per heavy atom. The number of nitrogens with zero attached hydrogens (tertiary/aromatic N) is 1. The van der Waals surface area contributed by atoms with Gasteiger partial charge in [-0.2, -0.15) is 0 Å². The summed E-state index contributed by atoms with van der Waals surface area (Å²) in [6.07, 6.45) is 1.56. The molecule has 1 heterocycles. The smallest absolute Gasteiger partial charge is 0.274 e. The second-order valence-electron chi connectivity index (χ2n) is 5.00. The van der Waals surface area contributed by atoms with Gasteiger partial charge in [0, 0.05) is 22.6 Å². The maximum atomic E-state index is 12.3. The van der Waals surface area contributed by atoms with E-state index in [1.807, 2.05) is 30.3 Å². The molecule has 0 atom stereocenters. The number of rotatable bonds is 4. The molecule has 0 saturated carbocycles. The summed E-state index contributed by atoms with van der Waals surface area (Å²) in [6.45, 7) is 0. The Kier molecular flexibility index (Phi) is 4.99. The second kappa shape index (κ2) is 7.34. The Balaban J connectivity index is 1.77. The van der Waals surface area contributed by atoms with E-state index in [2.05, 4.69) is 15.6 Å². The molecule has 0 spiro atoms. The first kappa shape index (κ1) is 16.3. The number of hydrogen-bond acceptors (Lipinski definition) is 3. The van der Waals surface area contributed by atoms with Gasteiger partial charge in [0.1, 0.15) is 5.69 Å². The highest BCUT2D eigenvalue weighted by Gasteiger charge is 2.09. The van der Waals surface area contributed by atoms with Crippen molar-refractivity contribution in [1.82, 2.24) is 4.98 Å². The first-order valence-corrected chi connectivity index (χ1v) is 7.92. The number of carbonyl (C=O) groups is 1. The van der Waals surface area contributed by atoms with Crippen LogP contribution in [-0.2, 0) is 0 Å². The molecule has 0 aliphatic heterocycles. The van der Waals surface area contributed by atoms with Gasteiger partial charge in [-0.05, 0) is 42.5 Å². The van der Waals surface area contributed by atoms with Crippen molar-refractivity contribution in [3.05, 3.63) is 82.6 Å². The molecule has 0 aliphatic carbocycles. The van der Waals surface area contributed by atoms with Crippen molar-refractivity contribution in [2.45, 2.75) is 0 Å². The lowest BCUT2D eigenvalue weighted by atomic mass is 10.2. The zero-order valence-corrected chi connectivity index (χ0v) is 14.0. The maximum Gasteiger partial charge on any atom is 0.274 e. The highest BCUT2D eigenvalue weighted by Crippen LogP contribution is 2.28. The number of carbonyl (C=O) groups excluding carboxylic acids is 1. The van der Waals surface area contributed by atoms with Gasteiger partial charge >= 0.3 is 0 Å². The summed E-state index contributed by atoms with van der Waals surface area (Å²) in [4.78, 5) is 16.4. The predicted molar refractivity (Wildman–Crippen MR) is 98.4 cm³/mol. The van der Waals surface area contributed by atoms with Gasteiger partial charge in [-0.25, -0.2) is 0 Å². The molecule has 2 aromatic carbocycles. The highest BCUT2D eigenvalue weighted by atomic mass is 35.5. The van der Waals surface area contributed by atoms with Crippen molar-refractivity contribution >= 4 is 46.2 Å². The van der Waals surface area contributed by atoms with E-state index in [4.69, 9.17) is 23.2 Å². The number of nitrogens with one attached hydrogen (secondary N) is 2. The van der Waals surface area contributed by atoms with Crippen LogP contribution in [0.4, 0.5) is 17.1 Å². The number of para-hydroxylation sites is 1. The Morgan fingerprint density at radius 3 is 2.46 bits per heavy atom. The molecule has 1 aromatic heterocycles. The summed E-state index contributed by atoms with van der Waals surface area (Å²) in [5.74, 6) is -0.285. The molecule has 0 fully saturated rings. The molecule has 2 N–H and O–H groups in total. The lowest BCUT2D eigenvalue weighted by molar-refractivity contribution is 0.102. The summed E-state index contributed by atoms with van der Waals surface area (Å²) in [7, 11) is 0. The number of halogens is 2. The van der Waals surface area contributed by atoms with E-state index in [-0.39, 0.29) is 5.91 Å². The summed E-state index contributed by atoms with van der Waals surface area (Å²) >= 11 is 12.0. The van der Waals surface area contributed by atoms with Crippen LogP contribution in [-0.4, -0.2) is 10.9 Å². The highest BCUT2D eigenvalue weighted by molar-refractivity contribution is 6.36. The van der Waals surface area contributed by atoms with Gasteiger partial charge in [-0.1, -0.05) is 41.4 Å². The fraction of sp³-hybridized carbons (Fsp3) is 0. The normalized spacial score (nSPS) is 10.2. The monoisotopic (exact) mass is 357 g/mol. The van der Waals surface area contributed by atoms with Crippen molar-refractivity contribution in [3.63, 3.8) is 0 Å². The summed E-state index contributed by atoms with van der Waals surface area (Å²) in [5.41, 5.74) is 2.41. The zero-order chi connectivity index (χ0) is 16.9. The van der Waals surface area contributed by atoms with E-state index < -0.39 is 0 Å². The molecule has 6 heteroatoms. The summed E-state index contributed by atoms with van der Waals surface area (Å²) in [6, 6.07) is 17.8. The average molecular weight is 358 g/mol. The van der Waals surface area contributed by atoms with Crippen molar-refractivity contribution in [2.24, 2.45) is 0 Å². The van der Waals surface area contributed by atoms with Gasteiger partial charge in [-0.15, -0.1) is 0 Å². The Morgan fingerprint density at radius 2 is 1.71 bits per heavy atom. The molecule has 3 rings (SSSR count). The quantitative estimate of drug-likeness (QED) is 0.658. The van der Waals surface area contributed by atoms with E-state index in [9.17, 15) is 4.79 Å². The van der Waals surface area contributed by atoms with Crippen molar-refractivity contribution in [2.75, 3.05) is 10.6 Å². The molecule has 0 aliphatic rings. The van der Waals surface area contributed by atoms with Gasteiger partial charge in [0.2, 0.25) is 0 Å². The van der Waals surface area contributed by atoms with Gasteiger partial charge in [0.15, 0.2) is 0 Å². The third-order valence-corrected chi connectivity index (χ3v) is 3.78. The molecule has 0 saturated heterocycles. The predicted octanol–water partition coefficient (Wildman–Crippen LogP) is 5.38. The third-order valence-electron chi connectivity index (χ3n) is 3.23. The molecule has 1 amide bonds. The standard InChI is InChI=1S/C18H13Cl2N3O/c19-12-6-7-16(15(20)10-12)22-14-8-9-21-17(11-14)18(24)23-13-4-2-1-3-5-13/h1-11H,(H,21,22)(H,23,24). The Bertz CT molecular complexity index is 869. The van der Waals surface area contributed by atoms with Crippen LogP contribution in [0.5, 0.6) is 0 Å². The van der Waals surface area contributed by atoms with E-state index in [0.717, 1.165) is 0 Å². The molecule has 0 radical (unpaired) electrons. The molecular formula is C18H13Cl2N3O. The van der Waals surface area contributed by atoms with Crippen LogP contribution in [0.3, 0.4) is 0 Å². The number of pyridine rings is 1. The molecular weight excluding hydrogens is 345 g/mol. The molecule has 120 valence electrons. The fourth-order valence-corrected chi connectivity index (χ4v) is 2.55. The lowest BCUT2D eigenvalue weighted by Gasteiger charge is -2.10. The van der Waals surface area contributed by atoms with Crippen molar-refractivity contribution in [3.8, 4) is 0 Å². The topological polar surface area (TPSA) is 54.0 Å². The van der Waals surface area contributed by atoms with Gasteiger partial charge in [0.05, 0.1) is 10.7 Å². The molecule has 3 aromatic rings. The number of amides is 1. The van der Waals surface area contributed by atoms with Crippen LogP contribution < -0.4 is 10.6 Å². The van der Waals surface area contributed by atoms with Gasteiger partial charge in [0.25, 0.3) is 5.91 Å². The van der Waals surface area contributed by atoms with Crippen molar-refractivity contribution in [1.29, 1.82) is 0 Å². The van der Waals surface area contributed by atoms with Gasteiger partial charge in [-0.3, -0.25) is 9.78 Å². The summed E-state index contributed by atoms with van der Waals surface area (Å²) < 4.78 is 0. The van der Waals surface area contributed by atoms with Crippen LogP contribution in [0.1, 0.15) is 10.5 Å². The largest absolute Gasteiger partial charge is 0.354 e. The Hall–Kier alpha value is -2.56. The molecule has 4 nitrogen and oxygen atoms in total. The minimum Gasteiger partial charge on any atom is -0.354 e. The first-order valence-electron chi connectivity index (χ1n) is 7.16. The zero-order valence-electron chi connectivity index (χ0n) is 12.5. The first-order chi connectivity index (χ1) is 11.6. The molecule has 0 bridgehead atoms. The molecule has 24 heavy (non-hydrogen) atoms. The fourth-order valence-electron chi connectivity index (χ4n) is 2.10. The van der Waals surface area contributed by atoms with Crippen LogP contribution >= 0.6 is 23.2 Å². The Labute approximate surface area is 149 Å². The molecule has 0 unspecified atom stereocenters. The second-order valence-corrected chi connectivity index (χ2v) is 5.84. The maximum absolute atomic E-state index is 12.3. The number of anilines is 3. The minimum absolute atomic E-state index is 0.285. The minimum atomic E-state index is -0.285. The number of hydrogen-bond donors (Lipinski definition) is 2. The van der Waals surface area contributed by atoms with E-state index in [1.54, 1.807) is 36.5 Å². The number of benzene rings is 2. The van der Waals surface area contributed by atoms with Crippen molar-refractivity contribution < 1.29 is 4.79 Å². The van der Waals surface area contributed by atoms with Crippen LogP contribution in [0, 0.1) is 0 Å². The van der Waals surface area contributed by atoms with Crippen LogP contribution in [0.2, 0.25) is 10.0 Å². The van der Waals surface area contributed by atoms with Crippen LogP contribution in [0.15, 0.2) is 66.9 Å². The summed E-state index contributed by atoms with van der Waals surface area (Å²) in [5, 5.41) is 7.00. The van der Waals surface area contributed by atoms with Gasteiger partial charge < -0.3 is 10.6 Å². The average Bonchev–Trinajstić information content (AvgIpc) is 2.59. The van der Waals surface area contributed by atoms with E-state index >= 15 is 0 Å². The SMILES string of the molecule is O=C(Nc1ccccc1)c1cc(Nc2ccc(Cl)cc2Cl)ccn1. The van der Waals surface area contributed by atoms with E-state index in [0.29, 0.717) is 32.8 Å².